The SMILES string of the molecule is C=C1c2ccccc2C(=O)N1C1CCCCC1C(=O)O. The lowest BCUT2D eigenvalue weighted by Crippen LogP contribution is -2.44. The first-order valence-electron chi connectivity index (χ1n) is 6.96. The average Bonchev–Trinajstić information content (AvgIpc) is 2.71. The summed E-state index contributed by atoms with van der Waals surface area (Å²) in [6, 6.07) is 7.07. The topological polar surface area (TPSA) is 57.6 Å². The molecule has 0 saturated heterocycles. The quantitative estimate of drug-likeness (QED) is 0.899. The van der Waals surface area contributed by atoms with Gasteiger partial charge in [-0.1, -0.05) is 37.6 Å². The smallest absolute Gasteiger partial charge is 0.308 e. The third-order valence-corrected chi connectivity index (χ3v) is 4.36. The Balaban J connectivity index is 1.97. The molecular weight excluding hydrogens is 254 g/mol. The third-order valence-electron chi connectivity index (χ3n) is 4.36. The highest BCUT2D eigenvalue weighted by Crippen LogP contribution is 2.39. The fraction of sp³-hybridized carbons (Fsp3) is 0.375. The van der Waals surface area contributed by atoms with Crippen molar-refractivity contribution < 1.29 is 14.7 Å². The number of hydrogen-bond donors (Lipinski definition) is 1. The summed E-state index contributed by atoms with van der Waals surface area (Å²) in [6.07, 6.45) is 3.24. The predicted molar refractivity (Wildman–Crippen MR) is 75.0 cm³/mol. The summed E-state index contributed by atoms with van der Waals surface area (Å²) < 4.78 is 0. The number of nitrogens with zero attached hydrogens (tertiary/aromatic N) is 1. The van der Waals surface area contributed by atoms with Crippen molar-refractivity contribution in [2.45, 2.75) is 31.7 Å². The van der Waals surface area contributed by atoms with Crippen molar-refractivity contribution in [2.24, 2.45) is 5.92 Å². The van der Waals surface area contributed by atoms with Crippen LogP contribution in [0.15, 0.2) is 30.8 Å². The van der Waals surface area contributed by atoms with Gasteiger partial charge in [0.1, 0.15) is 0 Å². The van der Waals surface area contributed by atoms with Gasteiger partial charge in [-0.15, -0.1) is 0 Å². The second-order valence-corrected chi connectivity index (χ2v) is 5.46. The molecule has 0 radical (unpaired) electrons. The zero-order valence-electron chi connectivity index (χ0n) is 11.2. The maximum Gasteiger partial charge on any atom is 0.308 e. The van der Waals surface area contributed by atoms with E-state index in [9.17, 15) is 14.7 Å². The molecule has 2 atom stereocenters. The maximum atomic E-state index is 12.5. The van der Waals surface area contributed by atoms with Crippen LogP contribution in [0.25, 0.3) is 5.70 Å². The lowest BCUT2D eigenvalue weighted by molar-refractivity contribution is -0.144. The second kappa shape index (κ2) is 4.78. The number of fused-ring (bicyclic) bond motifs is 1. The molecule has 0 bridgehead atoms. The van der Waals surface area contributed by atoms with E-state index in [0.29, 0.717) is 17.7 Å². The summed E-state index contributed by atoms with van der Waals surface area (Å²) in [4.78, 5) is 25.6. The highest BCUT2D eigenvalue weighted by molar-refractivity contribution is 6.09. The third kappa shape index (κ3) is 1.83. The van der Waals surface area contributed by atoms with E-state index in [1.165, 1.54) is 0 Å². The average molecular weight is 271 g/mol. The van der Waals surface area contributed by atoms with Crippen molar-refractivity contribution in [1.82, 2.24) is 4.90 Å². The van der Waals surface area contributed by atoms with Gasteiger partial charge in [-0.3, -0.25) is 9.59 Å². The number of rotatable bonds is 2. The van der Waals surface area contributed by atoms with Crippen LogP contribution in [0.4, 0.5) is 0 Å². The zero-order valence-corrected chi connectivity index (χ0v) is 11.2. The fourth-order valence-electron chi connectivity index (χ4n) is 3.36. The van der Waals surface area contributed by atoms with Crippen molar-refractivity contribution in [3.8, 4) is 0 Å². The molecule has 3 rings (SSSR count). The van der Waals surface area contributed by atoms with Gasteiger partial charge in [-0.25, -0.2) is 0 Å². The van der Waals surface area contributed by atoms with E-state index < -0.39 is 11.9 Å². The van der Waals surface area contributed by atoms with Gasteiger partial charge in [0, 0.05) is 16.8 Å². The van der Waals surface area contributed by atoms with Gasteiger partial charge in [-0.05, 0) is 18.9 Å². The van der Waals surface area contributed by atoms with Crippen molar-refractivity contribution in [3.05, 3.63) is 42.0 Å². The van der Waals surface area contributed by atoms with Crippen LogP contribution in [0.3, 0.4) is 0 Å². The maximum absolute atomic E-state index is 12.5. The normalized spacial score (nSPS) is 25.7. The number of aliphatic carboxylic acids is 1. The lowest BCUT2D eigenvalue weighted by Gasteiger charge is -2.36. The fourth-order valence-corrected chi connectivity index (χ4v) is 3.36. The summed E-state index contributed by atoms with van der Waals surface area (Å²) >= 11 is 0. The Morgan fingerprint density at radius 1 is 1.20 bits per heavy atom. The number of amides is 1. The number of carboxylic acids is 1. The Labute approximate surface area is 117 Å². The second-order valence-electron chi connectivity index (χ2n) is 5.46. The van der Waals surface area contributed by atoms with Crippen LogP contribution in [0.1, 0.15) is 41.6 Å². The number of benzene rings is 1. The van der Waals surface area contributed by atoms with Crippen LogP contribution in [0, 0.1) is 5.92 Å². The Hall–Kier alpha value is -2.10. The number of hydrogen-bond acceptors (Lipinski definition) is 2. The van der Waals surface area contributed by atoms with Gasteiger partial charge >= 0.3 is 5.97 Å². The zero-order chi connectivity index (χ0) is 14.3. The van der Waals surface area contributed by atoms with Crippen LogP contribution in [0.2, 0.25) is 0 Å². The van der Waals surface area contributed by atoms with Gasteiger partial charge in [-0.2, -0.15) is 0 Å². The van der Waals surface area contributed by atoms with Gasteiger partial charge in [0.25, 0.3) is 5.91 Å². The van der Waals surface area contributed by atoms with E-state index >= 15 is 0 Å². The minimum Gasteiger partial charge on any atom is -0.481 e. The Morgan fingerprint density at radius 3 is 2.50 bits per heavy atom. The monoisotopic (exact) mass is 271 g/mol. The first-order valence-corrected chi connectivity index (χ1v) is 6.96. The van der Waals surface area contributed by atoms with E-state index in [-0.39, 0.29) is 11.9 Å². The van der Waals surface area contributed by atoms with Crippen LogP contribution in [-0.4, -0.2) is 27.9 Å². The number of carbonyl (C=O) groups is 2. The molecular formula is C16H17NO3. The van der Waals surface area contributed by atoms with Crippen LogP contribution >= 0.6 is 0 Å². The van der Waals surface area contributed by atoms with Crippen molar-refractivity contribution in [3.63, 3.8) is 0 Å². The summed E-state index contributed by atoms with van der Waals surface area (Å²) in [5, 5.41) is 9.39. The summed E-state index contributed by atoms with van der Waals surface area (Å²) in [5.41, 5.74) is 2.10. The molecule has 1 N–H and O–H groups in total. The van der Waals surface area contributed by atoms with Gasteiger partial charge in [0.15, 0.2) is 0 Å². The summed E-state index contributed by atoms with van der Waals surface area (Å²) in [5.74, 6) is -1.41. The van der Waals surface area contributed by atoms with E-state index in [0.717, 1.165) is 24.8 Å². The molecule has 2 aliphatic rings. The largest absolute Gasteiger partial charge is 0.481 e. The first-order chi connectivity index (χ1) is 9.61. The Morgan fingerprint density at radius 2 is 1.85 bits per heavy atom. The highest BCUT2D eigenvalue weighted by Gasteiger charge is 2.42. The molecule has 4 heteroatoms. The Kier molecular flexibility index (Phi) is 3.08. The molecule has 2 unspecified atom stereocenters. The Bertz CT molecular complexity index is 558. The molecule has 0 aromatic heterocycles. The number of carboxylic acid groups (broad SMARTS) is 1. The van der Waals surface area contributed by atoms with Crippen LogP contribution in [-0.2, 0) is 4.79 Å². The molecule has 4 nitrogen and oxygen atoms in total. The summed E-state index contributed by atoms with van der Waals surface area (Å²) in [6.45, 7) is 4.01. The molecule has 1 aliphatic heterocycles. The molecule has 1 aromatic carbocycles. The molecule has 1 amide bonds. The molecule has 1 heterocycles. The van der Waals surface area contributed by atoms with Crippen molar-refractivity contribution in [2.75, 3.05) is 0 Å². The number of carbonyl (C=O) groups excluding carboxylic acids is 1. The van der Waals surface area contributed by atoms with Gasteiger partial charge in [0.2, 0.25) is 0 Å². The van der Waals surface area contributed by atoms with Crippen molar-refractivity contribution in [1.29, 1.82) is 0 Å². The highest BCUT2D eigenvalue weighted by atomic mass is 16.4. The van der Waals surface area contributed by atoms with E-state index in [2.05, 4.69) is 6.58 Å². The van der Waals surface area contributed by atoms with Crippen molar-refractivity contribution >= 4 is 17.6 Å². The van der Waals surface area contributed by atoms with Gasteiger partial charge in [0.05, 0.1) is 12.0 Å². The van der Waals surface area contributed by atoms with Gasteiger partial charge < -0.3 is 10.0 Å². The first kappa shape index (κ1) is 12.9. The minimum absolute atomic E-state index is 0.108. The molecule has 20 heavy (non-hydrogen) atoms. The molecule has 1 aromatic rings. The van der Waals surface area contributed by atoms with Crippen LogP contribution in [0.5, 0.6) is 0 Å². The molecule has 1 fully saturated rings. The lowest BCUT2D eigenvalue weighted by atomic mass is 9.83. The van der Waals surface area contributed by atoms with E-state index in [4.69, 9.17) is 0 Å². The summed E-state index contributed by atoms with van der Waals surface area (Å²) in [7, 11) is 0. The molecule has 1 aliphatic carbocycles. The minimum atomic E-state index is -0.814. The van der Waals surface area contributed by atoms with Crippen LogP contribution < -0.4 is 0 Å². The molecule has 1 saturated carbocycles. The molecule has 104 valence electrons. The van der Waals surface area contributed by atoms with E-state index in [1.54, 1.807) is 11.0 Å². The standard InChI is InChI=1S/C16H17NO3/c1-10-11-6-2-3-7-12(11)15(18)17(10)14-9-5-4-8-13(14)16(19)20/h2-3,6-7,13-14H,1,4-5,8-9H2,(H,19,20). The predicted octanol–water partition coefficient (Wildman–Crippen LogP) is 2.76. The molecule has 0 spiro atoms. The van der Waals surface area contributed by atoms with E-state index in [1.807, 2.05) is 18.2 Å².